The van der Waals surface area contributed by atoms with Gasteiger partial charge < -0.3 is 5.73 Å². The molecule has 0 aliphatic heterocycles. The Bertz CT molecular complexity index is 591. The van der Waals surface area contributed by atoms with E-state index < -0.39 is 0 Å². The van der Waals surface area contributed by atoms with Crippen molar-refractivity contribution in [3.05, 3.63) is 29.8 Å². The number of hydrogen-bond donors (Lipinski definition) is 1. The van der Waals surface area contributed by atoms with Crippen LogP contribution in [0.2, 0.25) is 0 Å². The van der Waals surface area contributed by atoms with Crippen molar-refractivity contribution in [2.75, 3.05) is 0 Å². The number of tetrazole rings is 1. The van der Waals surface area contributed by atoms with Crippen LogP contribution < -0.4 is 5.73 Å². The molecule has 1 aliphatic rings. The summed E-state index contributed by atoms with van der Waals surface area (Å²) in [6.45, 7) is 2.11. The summed E-state index contributed by atoms with van der Waals surface area (Å²) in [7, 11) is 0. The second-order valence-corrected chi connectivity index (χ2v) is 6.51. The first-order valence-corrected chi connectivity index (χ1v) is 8.41. The molecule has 0 spiro atoms. The normalized spacial score (nSPS) is 17.2. The maximum absolute atomic E-state index is 6.21. The van der Waals surface area contributed by atoms with E-state index in [4.69, 9.17) is 5.73 Å². The van der Waals surface area contributed by atoms with Gasteiger partial charge in [0.15, 0.2) is 0 Å². The average Bonchev–Trinajstić information content (AvgIpc) is 3.17. The molecular formula is C15H21N5S. The Labute approximate surface area is 129 Å². The van der Waals surface area contributed by atoms with Gasteiger partial charge in [-0.05, 0) is 53.1 Å². The predicted octanol–water partition coefficient (Wildman–Crippen LogP) is 3.35. The van der Waals surface area contributed by atoms with Crippen LogP contribution in [0.15, 0.2) is 34.3 Å². The standard InChI is InChI=1S/C15H21N5S/c1-2-13(16)12-9-5-6-10-14(12)21-15-17-18-19-20(15)11-7-3-4-8-11/h5-6,9-11,13H,2-4,7-8,16H2,1H3. The van der Waals surface area contributed by atoms with Gasteiger partial charge in [-0.2, -0.15) is 0 Å². The fourth-order valence-corrected chi connectivity index (χ4v) is 3.87. The minimum atomic E-state index is 0.0597. The summed E-state index contributed by atoms with van der Waals surface area (Å²) in [5, 5.41) is 13.1. The molecule has 1 fully saturated rings. The van der Waals surface area contributed by atoms with E-state index in [-0.39, 0.29) is 6.04 Å². The fourth-order valence-electron chi connectivity index (χ4n) is 2.83. The molecule has 2 aromatic rings. The fraction of sp³-hybridized carbons (Fsp3) is 0.533. The summed E-state index contributed by atoms with van der Waals surface area (Å²) in [6.07, 6.45) is 5.81. The maximum Gasteiger partial charge on any atom is 0.214 e. The van der Waals surface area contributed by atoms with Crippen molar-refractivity contribution >= 4 is 11.8 Å². The van der Waals surface area contributed by atoms with Gasteiger partial charge in [-0.1, -0.05) is 38.0 Å². The van der Waals surface area contributed by atoms with Crippen molar-refractivity contribution in [2.24, 2.45) is 5.73 Å². The van der Waals surface area contributed by atoms with Crippen molar-refractivity contribution in [1.29, 1.82) is 0 Å². The zero-order valence-electron chi connectivity index (χ0n) is 12.3. The number of aromatic nitrogens is 4. The van der Waals surface area contributed by atoms with Crippen LogP contribution in [0.4, 0.5) is 0 Å². The van der Waals surface area contributed by atoms with Crippen LogP contribution in [0.3, 0.4) is 0 Å². The zero-order valence-corrected chi connectivity index (χ0v) is 13.1. The third-order valence-corrected chi connectivity index (χ3v) is 5.14. The molecule has 1 unspecified atom stereocenters. The van der Waals surface area contributed by atoms with Crippen molar-refractivity contribution in [3.63, 3.8) is 0 Å². The molecule has 1 aliphatic carbocycles. The minimum absolute atomic E-state index is 0.0597. The first-order valence-electron chi connectivity index (χ1n) is 7.59. The molecule has 2 N–H and O–H groups in total. The van der Waals surface area contributed by atoms with Crippen LogP contribution in [0, 0.1) is 0 Å². The van der Waals surface area contributed by atoms with Gasteiger partial charge >= 0.3 is 0 Å². The van der Waals surface area contributed by atoms with Crippen molar-refractivity contribution in [1.82, 2.24) is 20.2 Å². The monoisotopic (exact) mass is 303 g/mol. The molecule has 0 saturated heterocycles. The maximum atomic E-state index is 6.21. The smallest absolute Gasteiger partial charge is 0.214 e. The lowest BCUT2D eigenvalue weighted by atomic mass is 10.1. The molecular weight excluding hydrogens is 282 g/mol. The molecule has 1 aromatic heterocycles. The van der Waals surface area contributed by atoms with Crippen molar-refractivity contribution in [3.8, 4) is 0 Å². The molecule has 1 saturated carbocycles. The van der Waals surface area contributed by atoms with Crippen LogP contribution in [-0.4, -0.2) is 20.2 Å². The molecule has 5 nitrogen and oxygen atoms in total. The van der Waals surface area contributed by atoms with Crippen LogP contribution in [0.25, 0.3) is 0 Å². The molecule has 21 heavy (non-hydrogen) atoms. The van der Waals surface area contributed by atoms with E-state index in [0.29, 0.717) is 6.04 Å². The van der Waals surface area contributed by atoms with E-state index in [9.17, 15) is 0 Å². The van der Waals surface area contributed by atoms with Gasteiger partial charge in [-0.15, -0.1) is 5.10 Å². The Kier molecular flexibility index (Phi) is 4.55. The van der Waals surface area contributed by atoms with E-state index >= 15 is 0 Å². The zero-order chi connectivity index (χ0) is 14.7. The lowest BCUT2D eigenvalue weighted by molar-refractivity contribution is 0.423. The van der Waals surface area contributed by atoms with Crippen molar-refractivity contribution < 1.29 is 0 Å². The van der Waals surface area contributed by atoms with Gasteiger partial charge in [0.05, 0.1) is 6.04 Å². The number of rotatable bonds is 5. The highest BCUT2D eigenvalue weighted by atomic mass is 32.2. The lowest BCUT2D eigenvalue weighted by Gasteiger charge is -2.15. The number of nitrogens with zero attached hydrogens (tertiary/aromatic N) is 4. The topological polar surface area (TPSA) is 69.6 Å². The molecule has 0 radical (unpaired) electrons. The molecule has 1 heterocycles. The van der Waals surface area contributed by atoms with Crippen molar-refractivity contribution in [2.45, 2.75) is 61.2 Å². The summed E-state index contributed by atoms with van der Waals surface area (Å²) in [6, 6.07) is 8.79. The highest BCUT2D eigenvalue weighted by molar-refractivity contribution is 7.99. The van der Waals surface area contributed by atoms with Gasteiger partial charge in [0, 0.05) is 10.9 Å². The Morgan fingerprint density at radius 1 is 1.33 bits per heavy atom. The highest BCUT2D eigenvalue weighted by Crippen LogP contribution is 2.36. The van der Waals surface area contributed by atoms with Gasteiger partial charge in [0.25, 0.3) is 0 Å². The van der Waals surface area contributed by atoms with E-state index in [2.05, 4.69) is 34.6 Å². The summed E-state index contributed by atoms with van der Waals surface area (Å²) in [5.41, 5.74) is 7.38. The quantitative estimate of drug-likeness (QED) is 0.917. The van der Waals surface area contributed by atoms with Crippen LogP contribution in [-0.2, 0) is 0 Å². The summed E-state index contributed by atoms with van der Waals surface area (Å²) in [5.74, 6) is 0. The second-order valence-electron chi connectivity index (χ2n) is 5.50. The lowest BCUT2D eigenvalue weighted by Crippen LogP contribution is -2.11. The molecule has 112 valence electrons. The second kappa shape index (κ2) is 6.58. The molecule has 0 bridgehead atoms. The average molecular weight is 303 g/mol. The Morgan fingerprint density at radius 2 is 2.10 bits per heavy atom. The molecule has 6 heteroatoms. The van der Waals surface area contributed by atoms with E-state index in [1.54, 1.807) is 11.8 Å². The van der Waals surface area contributed by atoms with E-state index in [1.807, 2.05) is 16.8 Å². The number of hydrogen-bond acceptors (Lipinski definition) is 5. The number of benzene rings is 1. The third-order valence-electron chi connectivity index (χ3n) is 4.09. The summed E-state index contributed by atoms with van der Waals surface area (Å²) < 4.78 is 1.99. The van der Waals surface area contributed by atoms with E-state index in [1.165, 1.54) is 31.2 Å². The van der Waals surface area contributed by atoms with Crippen LogP contribution in [0.1, 0.15) is 56.7 Å². The first kappa shape index (κ1) is 14.5. The van der Waals surface area contributed by atoms with Gasteiger partial charge in [-0.25, -0.2) is 4.68 Å². The van der Waals surface area contributed by atoms with Crippen LogP contribution >= 0.6 is 11.8 Å². The Balaban J connectivity index is 1.86. The van der Waals surface area contributed by atoms with E-state index in [0.717, 1.165) is 16.5 Å². The minimum Gasteiger partial charge on any atom is -0.324 e. The van der Waals surface area contributed by atoms with Gasteiger partial charge in [0.2, 0.25) is 5.16 Å². The third kappa shape index (κ3) is 3.11. The molecule has 1 atom stereocenters. The Hall–Kier alpha value is -1.40. The summed E-state index contributed by atoms with van der Waals surface area (Å²) >= 11 is 1.62. The van der Waals surface area contributed by atoms with Gasteiger partial charge in [0.1, 0.15) is 0 Å². The molecule has 3 rings (SSSR count). The Morgan fingerprint density at radius 3 is 2.86 bits per heavy atom. The number of nitrogens with two attached hydrogens (primary N) is 1. The summed E-state index contributed by atoms with van der Waals surface area (Å²) in [4.78, 5) is 1.15. The molecule has 0 amide bonds. The highest BCUT2D eigenvalue weighted by Gasteiger charge is 2.22. The predicted molar refractivity (Wildman–Crippen MR) is 83.1 cm³/mol. The first-order chi connectivity index (χ1) is 10.3. The SMILES string of the molecule is CCC(N)c1ccccc1Sc1nnnn1C1CCCC1. The molecule has 1 aromatic carbocycles. The van der Waals surface area contributed by atoms with Gasteiger partial charge in [-0.3, -0.25) is 0 Å². The largest absolute Gasteiger partial charge is 0.324 e. The van der Waals surface area contributed by atoms with Crippen LogP contribution in [0.5, 0.6) is 0 Å².